The molecule has 5 rings (SSSR count). The molecule has 0 aliphatic heterocycles. The molecule has 2 heterocycles. The van der Waals surface area contributed by atoms with Crippen LogP contribution < -0.4 is 32.7 Å². The minimum absolute atomic E-state index is 0.0613. The fourth-order valence-electron chi connectivity index (χ4n) is 4.97. The van der Waals surface area contributed by atoms with E-state index >= 15 is 0 Å². The van der Waals surface area contributed by atoms with Crippen LogP contribution in [0.25, 0.3) is 0 Å². The molecule has 0 spiro atoms. The highest BCUT2D eigenvalue weighted by molar-refractivity contribution is 6.08. The van der Waals surface area contributed by atoms with E-state index in [0.29, 0.717) is 71.7 Å². The highest BCUT2D eigenvalue weighted by atomic mass is 16.2. The molecule has 14 nitrogen and oxygen atoms in total. The number of carbonyl (C=O) groups is 4. The van der Waals surface area contributed by atoms with Crippen molar-refractivity contribution in [1.82, 2.24) is 19.8 Å². The molecule has 2 aromatic heterocycles. The second kappa shape index (κ2) is 13.0. The molecule has 0 bridgehead atoms. The lowest BCUT2D eigenvalue weighted by molar-refractivity contribution is -0.114. The van der Waals surface area contributed by atoms with E-state index in [9.17, 15) is 19.2 Å². The fourth-order valence-corrected chi connectivity index (χ4v) is 4.97. The van der Waals surface area contributed by atoms with E-state index in [1.54, 1.807) is 36.7 Å². The first-order valence-electron chi connectivity index (χ1n) is 14.7. The Labute approximate surface area is 254 Å². The lowest BCUT2D eigenvalue weighted by Crippen LogP contribution is -2.34. The molecular formula is C30H38N10O4. The summed E-state index contributed by atoms with van der Waals surface area (Å²) in [5, 5.41) is 25.6. The van der Waals surface area contributed by atoms with Gasteiger partial charge in [-0.05, 0) is 62.5 Å². The van der Waals surface area contributed by atoms with E-state index in [4.69, 9.17) is 22.3 Å². The van der Waals surface area contributed by atoms with Crippen molar-refractivity contribution in [1.29, 1.82) is 10.8 Å². The quantitative estimate of drug-likeness (QED) is 0.118. The van der Waals surface area contributed by atoms with Gasteiger partial charge < -0.3 is 41.9 Å². The highest BCUT2D eigenvalue weighted by Gasteiger charge is 2.27. The van der Waals surface area contributed by atoms with Crippen molar-refractivity contribution in [2.75, 3.05) is 23.7 Å². The molecule has 14 heteroatoms. The van der Waals surface area contributed by atoms with Crippen molar-refractivity contribution < 1.29 is 19.2 Å². The van der Waals surface area contributed by atoms with Crippen LogP contribution in [0.4, 0.5) is 11.4 Å². The molecule has 0 radical (unpaired) electrons. The van der Waals surface area contributed by atoms with Crippen LogP contribution in [0.5, 0.6) is 0 Å². The molecule has 44 heavy (non-hydrogen) atoms. The maximum atomic E-state index is 13.0. The van der Waals surface area contributed by atoms with E-state index in [-0.39, 0.29) is 48.4 Å². The van der Waals surface area contributed by atoms with Crippen LogP contribution in [0.2, 0.25) is 0 Å². The molecule has 2 fully saturated rings. The van der Waals surface area contributed by atoms with Crippen molar-refractivity contribution in [2.45, 2.75) is 51.6 Å². The first-order chi connectivity index (χ1) is 21.0. The number of aromatic nitrogens is 2. The maximum Gasteiger partial charge on any atom is 0.268 e. The lowest BCUT2D eigenvalue weighted by Gasteiger charge is -2.14. The van der Waals surface area contributed by atoms with Crippen LogP contribution in [-0.2, 0) is 22.7 Å². The van der Waals surface area contributed by atoms with Crippen LogP contribution in [0.3, 0.4) is 0 Å². The zero-order chi connectivity index (χ0) is 31.4. The van der Waals surface area contributed by atoms with E-state index < -0.39 is 0 Å². The standard InChI is InChI=1S/C30H38N10O4/c31-25(32)11-35-29(43)23-9-21(15-39(23)13-17-1-2-17)37-27(41)19-5-7-20(8-6-19)28(42)38-22-10-24(30(44)36-12-26(33)34)40(16-22)14-18-3-4-18/h5,7,9-10,15-18H,1-4,6,8,11-14H2,(H3,31,32)(H3,33,34)(H,35,43)(H,36,44)(H,37,41)(H,38,42). The van der Waals surface area contributed by atoms with E-state index in [0.717, 1.165) is 25.7 Å². The number of amidine groups is 2. The molecule has 4 amide bonds. The normalized spacial score (nSPS) is 15.9. The molecule has 232 valence electrons. The third kappa shape index (κ3) is 8.02. The molecule has 2 saturated carbocycles. The summed E-state index contributed by atoms with van der Waals surface area (Å²) in [5.74, 6) is -0.698. The topological polar surface area (TPSA) is 226 Å². The van der Waals surface area contributed by atoms with Gasteiger partial charge in [0.15, 0.2) is 0 Å². The average molecular weight is 603 g/mol. The Morgan fingerprint density at radius 1 is 0.682 bits per heavy atom. The van der Waals surface area contributed by atoms with E-state index in [1.165, 1.54) is 0 Å². The number of rotatable bonds is 14. The number of allylic oxidation sites excluding steroid dienone is 2. The van der Waals surface area contributed by atoms with Crippen LogP contribution in [0.1, 0.15) is 59.5 Å². The zero-order valence-corrected chi connectivity index (χ0v) is 24.4. The molecular weight excluding hydrogens is 564 g/mol. The predicted octanol–water partition coefficient (Wildman–Crippen LogP) is 1.66. The van der Waals surface area contributed by atoms with Crippen LogP contribution >= 0.6 is 0 Å². The molecule has 3 aliphatic rings. The van der Waals surface area contributed by atoms with Gasteiger partial charge in [-0.25, -0.2) is 0 Å². The predicted molar refractivity (Wildman–Crippen MR) is 165 cm³/mol. The van der Waals surface area contributed by atoms with Crippen molar-refractivity contribution in [3.63, 3.8) is 0 Å². The number of nitrogens with zero attached hydrogens (tertiary/aromatic N) is 2. The number of amides is 4. The Morgan fingerprint density at radius 3 is 1.39 bits per heavy atom. The average Bonchev–Trinajstić information content (AvgIpc) is 3.90. The third-order valence-corrected chi connectivity index (χ3v) is 7.69. The molecule has 10 N–H and O–H groups in total. The molecule has 0 atom stereocenters. The summed E-state index contributed by atoms with van der Waals surface area (Å²) in [4.78, 5) is 51.4. The van der Waals surface area contributed by atoms with Crippen molar-refractivity contribution in [3.05, 3.63) is 59.2 Å². The van der Waals surface area contributed by atoms with Crippen LogP contribution in [0, 0.1) is 22.7 Å². The summed E-state index contributed by atoms with van der Waals surface area (Å²) < 4.78 is 3.63. The van der Waals surface area contributed by atoms with Gasteiger partial charge in [-0.15, -0.1) is 0 Å². The summed E-state index contributed by atoms with van der Waals surface area (Å²) in [6.07, 6.45) is 11.8. The number of hydrogen-bond donors (Lipinski definition) is 8. The lowest BCUT2D eigenvalue weighted by atomic mass is 9.97. The fraction of sp³-hybridized carbons (Fsp3) is 0.400. The first-order valence-corrected chi connectivity index (χ1v) is 14.7. The van der Waals surface area contributed by atoms with Gasteiger partial charge in [-0.2, -0.15) is 0 Å². The van der Waals surface area contributed by atoms with Crippen molar-refractivity contribution in [2.24, 2.45) is 23.3 Å². The SMILES string of the molecule is N=C(N)CNC(=O)c1cc(NC(=O)C2=CC=C(C(=O)Nc3cc(C(=O)NCC(=N)N)n(CC4CC4)c3)CC2)cn1CC1CC1. The smallest absolute Gasteiger partial charge is 0.268 e. The Bertz CT molecular complexity index is 1460. The molecule has 3 aliphatic carbocycles. The molecule has 0 unspecified atom stereocenters. The van der Waals surface area contributed by atoms with Crippen LogP contribution in [0.15, 0.2) is 47.8 Å². The van der Waals surface area contributed by atoms with Gasteiger partial charge in [-0.3, -0.25) is 30.0 Å². The Kier molecular flexibility index (Phi) is 8.97. The van der Waals surface area contributed by atoms with Gasteiger partial charge in [0.25, 0.3) is 23.6 Å². The maximum absolute atomic E-state index is 13.0. The van der Waals surface area contributed by atoms with Gasteiger partial charge >= 0.3 is 0 Å². The molecule has 0 aromatic carbocycles. The Balaban J connectivity index is 1.22. The zero-order valence-electron chi connectivity index (χ0n) is 24.4. The summed E-state index contributed by atoms with van der Waals surface area (Å²) in [6.45, 7) is 1.21. The van der Waals surface area contributed by atoms with Gasteiger partial charge in [0.05, 0.1) is 24.5 Å². The Morgan fingerprint density at radius 2 is 1.07 bits per heavy atom. The molecule has 0 saturated heterocycles. The number of hydrogen-bond acceptors (Lipinski definition) is 6. The van der Waals surface area contributed by atoms with Crippen molar-refractivity contribution in [3.8, 4) is 0 Å². The largest absolute Gasteiger partial charge is 0.386 e. The number of anilines is 2. The summed E-state index contributed by atoms with van der Waals surface area (Å²) in [7, 11) is 0. The van der Waals surface area contributed by atoms with E-state index in [2.05, 4.69) is 21.3 Å². The monoisotopic (exact) mass is 602 g/mol. The second-order valence-electron chi connectivity index (χ2n) is 11.6. The summed E-state index contributed by atoms with van der Waals surface area (Å²) in [5.41, 5.74) is 13.5. The molecule has 2 aromatic rings. The summed E-state index contributed by atoms with van der Waals surface area (Å²) >= 11 is 0. The first kappa shape index (κ1) is 30.3. The minimum atomic E-state index is -0.372. The van der Waals surface area contributed by atoms with E-state index in [1.807, 2.05) is 9.13 Å². The third-order valence-electron chi connectivity index (χ3n) is 7.69. The Hall–Kier alpha value is -5.14. The van der Waals surface area contributed by atoms with Gasteiger partial charge in [0.1, 0.15) is 23.1 Å². The highest BCUT2D eigenvalue weighted by Crippen LogP contribution is 2.33. The summed E-state index contributed by atoms with van der Waals surface area (Å²) in [6, 6.07) is 3.22. The number of nitrogens with one attached hydrogen (secondary N) is 6. The second-order valence-corrected chi connectivity index (χ2v) is 11.6. The van der Waals surface area contributed by atoms with Crippen molar-refractivity contribution >= 4 is 46.7 Å². The van der Waals surface area contributed by atoms with Crippen LogP contribution in [-0.4, -0.2) is 57.5 Å². The number of carbonyl (C=O) groups excluding carboxylic acids is 4. The van der Waals surface area contributed by atoms with Gasteiger partial charge in [0.2, 0.25) is 0 Å². The van der Waals surface area contributed by atoms with Gasteiger partial charge in [0, 0.05) is 36.6 Å². The number of nitrogens with two attached hydrogens (primary N) is 2. The van der Waals surface area contributed by atoms with Gasteiger partial charge in [-0.1, -0.05) is 12.2 Å². The minimum Gasteiger partial charge on any atom is -0.386 e.